The molecular formula is C15H19NO4. The van der Waals surface area contributed by atoms with E-state index in [1.807, 2.05) is 32.0 Å². The fraction of sp³-hybridized carbons (Fsp3) is 0.400. The molecule has 1 aliphatic rings. The van der Waals surface area contributed by atoms with Crippen LogP contribution in [0.3, 0.4) is 0 Å². The van der Waals surface area contributed by atoms with Gasteiger partial charge in [-0.2, -0.15) is 0 Å². The average Bonchev–Trinajstić information content (AvgIpc) is 2.82. The first-order chi connectivity index (χ1) is 9.58. The van der Waals surface area contributed by atoms with Gasteiger partial charge in [0.2, 0.25) is 0 Å². The molecule has 0 aromatic heterocycles. The van der Waals surface area contributed by atoms with E-state index in [-0.39, 0.29) is 12.2 Å². The Bertz CT molecular complexity index is 521. The maximum absolute atomic E-state index is 11.0. The van der Waals surface area contributed by atoms with Gasteiger partial charge in [-0.1, -0.05) is 6.07 Å². The van der Waals surface area contributed by atoms with Gasteiger partial charge in [0.25, 0.3) is 0 Å². The highest BCUT2D eigenvalue weighted by molar-refractivity contribution is 5.69. The van der Waals surface area contributed by atoms with Crippen LogP contribution >= 0.6 is 0 Å². The zero-order chi connectivity index (χ0) is 14.5. The molecule has 0 radical (unpaired) electrons. The second-order valence-corrected chi connectivity index (χ2v) is 4.91. The van der Waals surface area contributed by atoms with Crippen molar-refractivity contribution in [2.24, 2.45) is 0 Å². The summed E-state index contributed by atoms with van der Waals surface area (Å²) >= 11 is 0. The van der Waals surface area contributed by atoms with Gasteiger partial charge in [-0.3, -0.25) is 0 Å². The van der Waals surface area contributed by atoms with Crippen LogP contribution in [0.2, 0.25) is 0 Å². The molecule has 108 valence electrons. The maximum Gasteiger partial charge on any atom is 0.407 e. The van der Waals surface area contributed by atoms with Crippen LogP contribution in [0.4, 0.5) is 4.79 Å². The first kappa shape index (κ1) is 14.2. The van der Waals surface area contributed by atoms with E-state index in [4.69, 9.17) is 14.2 Å². The highest BCUT2D eigenvalue weighted by atomic mass is 16.6. The normalized spacial score (nSPS) is 17.1. The summed E-state index contributed by atoms with van der Waals surface area (Å²) in [6.45, 7) is 4.45. The number of alkyl carbamates (subject to hydrolysis) is 1. The number of carbonyl (C=O) groups excluding carboxylic acids is 1. The topological polar surface area (TPSA) is 56.8 Å². The van der Waals surface area contributed by atoms with Crippen LogP contribution in [0, 0.1) is 0 Å². The minimum absolute atomic E-state index is 0.132. The third-order valence-electron chi connectivity index (χ3n) is 2.86. The van der Waals surface area contributed by atoms with E-state index in [9.17, 15) is 4.79 Å². The number of benzene rings is 1. The lowest BCUT2D eigenvalue weighted by Gasteiger charge is -2.12. The molecule has 5 nitrogen and oxygen atoms in total. The summed E-state index contributed by atoms with van der Waals surface area (Å²) in [5.74, 6) is 1.33. The van der Waals surface area contributed by atoms with E-state index in [0.29, 0.717) is 24.5 Å². The molecule has 0 unspecified atom stereocenters. The van der Waals surface area contributed by atoms with E-state index >= 15 is 0 Å². The van der Waals surface area contributed by atoms with Gasteiger partial charge in [0.1, 0.15) is 6.10 Å². The number of amides is 1. The van der Waals surface area contributed by atoms with Gasteiger partial charge in [0.05, 0.1) is 19.9 Å². The van der Waals surface area contributed by atoms with Crippen LogP contribution < -0.4 is 14.8 Å². The second kappa shape index (κ2) is 6.32. The smallest absolute Gasteiger partial charge is 0.407 e. The third kappa shape index (κ3) is 3.66. The molecule has 1 atom stereocenters. The molecule has 0 aliphatic carbocycles. The van der Waals surface area contributed by atoms with Gasteiger partial charge in [-0.25, -0.2) is 4.79 Å². The average molecular weight is 277 g/mol. The number of carbonyl (C=O) groups is 1. The summed E-state index contributed by atoms with van der Waals surface area (Å²) in [7, 11) is 1.60. The van der Waals surface area contributed by atoms with Crippen LogP contribution in [0.5, 0.6) is 11.5 Å². The van der Waals surface area contributed by atoms with Crippen molar-refractivity contribution in [3.63, 3.8) is 0 Å². The summed E-state index contributed by atoms with van der Waals surface area (Å²) in [5, 5.41) is 2.64. The zero-order valence-electron chi connectivity index (χ0n) is 11.9. The van der Waals surface area contributed by atoms with Crippen molar-refractivity contribution in [1.82, 2.24) is 5.32 Å². The maximum atomic E-state index is 11.0. The summed E-state index contributed by atoms with van der Waals surface area (Å²) in [4.78, 5) is 11.0. The van der Waals surface area contributed by atoms with E-state index < -0.39 is 0 Å². The molecule has 5 heteroatoms. The zero-order valence-corrected chi connectivity index (χ0v) is 11.9. The molecule has 1 heterocycles. The SMILES string of the molecule is COc1ccc(C[C@@H]2CNC(=O)O2)cc1OC=C(C)C. The summed E-state index contributed by atoms with van der Waals surface area (Å²) in [5.41, 5.74) is 2.09. The third-order valence-corrected chi connectivity index (χ3v) is 2.86. The first-order valence-electron chi connectivity index (χ1n) is 6.50. The molecule has 20 heavy (non-hydrogen) atoms. The van der Waals surface area contributed by atoms with Crippen molar-refractivity contribution in [3.8, 4) is 11.5 Å². The lowest BCUT2D eigenvalue weighted by atomic mass is 10.1. The summed E-state index contributed by atoms with van der Waals surface area (Å²) in [6, 6.07) is 5.71. The van der Waals surface area contributed by atoms with Crippen molar-refractivity contribution in [3.05, 3.63) is 35.6 Å². The van der Waals surface area contributed by atoms with Crippen LogP contribution in [0.1, 0.15) is 19.4 Å². The molecule has 0 spiro atoms. The molecule has 1 N–H and O–H groups in total. The van der Waals surface area contributed by atoms with E-state index in [1.54, 1.807) is 13.4 Å². The molecule has 1 aromatic rings. The number of cyclic esters (lactones) is 1. The number of nitrogens with one attached hydrogen (secondary N) is 1. The molecule has 1 saturated heterocycles. The van der Waals surface area contributed by atoms with Crippen LogP contribution in [0.25, 0.3) is 0 Å². The Morgan fingerprint density at radius 2 is 2.25 bits per heavy atom. The highest BCUT2D eigenvalue weighted by Crippen LogP contribution is 2.29. The van der Waals surface area contributed by atoms with Gasteiger partial charge in [0, 0.05) is 6.42 Å². The van der Waals surface area contributed by atoms with Gasteiger partial charge >= 0.3 is 6.09 Å². The Morgan fingerprint density at radius 1 is 1.45 bits per heavy atom. The number of rotatable bonds is 5. The monoisotopic (exact) mass is 277 g/mol. The van der Waals surface area contributed by atoms with Crippen molar-refractivity contribution in [1.29, 1.82) is 0 Å². The quantitative estimate of drug-likeness (QED) is 0.841. The Morgan fingerprint density at radius 3 is 2.85 bits per heavy atom. The van der Waals surface area contributed by atoms with Gasteiger partial charge < -0.3 is 19.5 Å². The van der Waals surface area contributed by atoms with Gasteiger partial charge in [-0.05, 0) is 37.1 Å². The highest BCUT2D eigenvalue weighted by Gasteiger charge is 2.22. The fourth-order valence-electron chi connectivity index (χ4n) is 1.93. The number of hydrogen-bond acceptors (Lipinski definition) is 4. The van der Waals surface area contributed by atoms with Gasteiger partial charge in [-0.15, -0.1) is 0 Å². The molecule has 0 bridgehead atoms. The van der Waals surface area contributed by atoms with Crippen LogP contribution in [-0.4, -0.2) is 25.9 Å². The van der Waals surface area contributed by atoms with Crippen molar-refractivity contribution in [2.45, 2.75) is 26.4 Å². The lowest BCUT2D eigenvalue weighted by Crippen LogP contribution is -2.16. The number of methoxy groups -OCH3 is 1. The minimum Gasteiger partial charge on any atom is -0.493 e. The largest absolute Gasteiger partial charge is 0.493 e. The standard InChI is InChI=1S/C15H19NO4/c1-10(2)9-19-14-7-11(4-5-13(14)18-3)6-12-8-16-15(17)20-12/h4-5,7,9,12H,6,8H2,1-3H3,(H,16,17)/t12-/m1/s1. The van der Waals surface area contributed by atoms with E-state index in [1.165, 1.54) is 0 Å². The fourth-order valence-corrected chi connectivity index (χ4v) is 1.93. The van der Waals surface area contributed by atoms with Crippen molar-refractivity contribution < 1.29 is 19.0 Å². The molecule has 1 aliphatic heterocycles. The Kier molecular flexibility index (Phi) is 4.50. The van der Waals surface area contributed by atoms with E-state index in [2.05, 4.69) is 5.32 Å². The first-order valence-corrected chi connectivity index (χ1v) is 6.50. The van der Waals surface area contributed by atoms with Crippen molar-refractivity contribution >= 4 is 6.09 Å². The number of ether oxygens (including phenoxy) is 3. The van der Waals surface area contributed by atoms with Crippen LogP contribution in [0.15, 0.2) is 30.0 Å². The Labute approximate surface area is 118 Å². The predicted molar refractivity (Wildman–Crippen MR) is 75.0 cm³/mol. The lowest BCUT2D eigenvalue weighted by molar-refractivity contribution is 0.140. The molecule has 2 rings (SSSR count). The Balaban J connectivity index is 2.12. The van der Waals surface area contributed by atoms with Crippen LogP contribution in [-0.2, 0) is 11.2 Å². The minimum atomic E-state index is -0.357. The molecular weight excluding hydrogens is 258 g/mol. The van der Waals surface area contributed by atoms with Gasteiger partial charge in [0.15, 0.2) is 11.5 Å². The number of hydrogen-bond donors (Lipinski definition) is 1. The summed E-state index contributed by atoms with van der Waals surface area (Å²) in [6.07, 6.45) is 1.84. The molecule has 1 aromatic carbocycles. The predicted octanol–water partition coefficient (Wildman–Crippen LogP) is 2.65. The number of allylic oxidation sites excluding steroid dienone is 1. The molecule has 1 amide bonds. The summed E-state index contributed by atoms with van der Waals surface area (Å²) < 4.78 is 16.0. The van der Waals surface area contributed by atoms with E-state index in [0.717, 1.165) is 11.1 Å². The molecule has 1 fully saturated rings. The molecule has 0 saturated carbocycles. The van der Waals surface area contributed by atoms with Crippen molar-refractivity contribution in [2.75, 3.05) is 13.7 Å². The Hall–Kier alpha value is -2.17. The second-order valence-electron chi connectivity index (χ2n) is 4.91.